The average molecular weight is 245 g/mol. The molecular formula is C11H14ClFN2O. The van der Waals surface area contributed by atoms with Crippen molar-refractivity contribution < 1.29 is 9.18 Å². The second-order valence-corrected chi connectivity index (χ2v) is 4.16. The molecule has 0 fully saturated rings. The van der Waals surface area contributed by atoms with E-state index in [9.17, 15) is 9.18 Å². The van der Waals surface area contributed by atoms with Crippen molar-refractivity contribution >= 4 is 23.2 Å². The summed E-state index contributed by atoms with van der Waals surface area (Å²) in [6.07, 6.45) is 0.903. The number of halogens is 2. The molecule has 0 radical (unpaired) electrons. The molecular weight excluding hydrogens is 231 g/mol. The molecule has 1 aromatic rings. The van der Waals surface area contributed by atoms with Gasteiger partial charge in [-0.15, -0.1) is 0 Å². The molecule has 16 heavy (non-hydrogen) atoms. The predicted octanol–water partition coefficient (Wildman–Crippen LogP) is 2.55. The predicted molar refractivity (Wildman–Crippen MR) is 62.9 cm³/mol. The molecule has 0 aromatic heterocycles. The van der Waals surface area contributed by atoms with Crippen molar-refractivity contribution in [1.29, 1.82) is 0 Å². The zero-order chi connectivity index (χ0) is 12.1. The van der Waals surface area contributed by atoms with Gasteiger partial charge in [0.1, 0.15) is 5.82 Å². The van der Waals surface area contributed by atoms with E-state index in [1.54, 1.807) is 0 Å². The zero-order valence-corrected chi connectivity index (χ0v) is 9.72. The third-order valence-electron chi connectivity index (χ3n) is 1.97. The van der Waals surface area contributed by atoms with Gasteiger partial charge >= 0.3 is 0 Å². The van der Waals surface area contributed by atoms with Crippen LogP contribution in [0.4, 0.5) is 10.1 Å². The third kappa shape index (κ3) is 4.59. The van der Waals surface area contributed by atoms with Crippen LogP contribution in [0.2, 0.25) is 5.02 Å². The first-order valence-electron chi connectivity index (χ1n) is 4.99. The molecule has 0 aliphatic heterocycles. The molecule has 1 unspecified atom stereocenters. The molecule has 0 aliphatic carbocycles. The minimum absolute atomic E-state index is 0.0261. The molecule has 0 spiro atoms. The van der Waals surface area contributed by atoms with E-state index in [0.717, 1.165) is 0 Å². The molecule has 1 aromatic carbocycles. The van der Waals surface area contributed by atoms with Gasteiger partial charge < -0.3 is 11.1 Å². The monoisotopic (exact) mass is 244 g/mol. The summed E-state index contributed by atoms with van der Waals surface area (Å²) in [6.45, 7) is 1.83. The molecule has 0 aliphatic rings. The first-order chi connectivity index (χ1) is 7.47. The van der Waals surface area contributed by atoms with Crippen LogP contribution in [0, 0.1) is 5.82 Å². The topological polar surface area (TPSA) is 55.1 Å². The Morgan fingerprint density at radius 1 is 1.56 bits per heavy atom. The Kier molecular flexibility index (Phi) is 4.71. The van der Waals surface area contributed by atoms with Crippen molar-refractivity contribution in [2.24, 2.45) is 5.73 Å². The lowest BCUT2D eigenvalue weighted by Crippen LogP contribution is -2.19. The van der Waals surface area contributed by atoms with Gasteiger partial charge in [0.2, 0.25) is 5.91 Å². The number of anilines is 1. The van der Waals surface area contributed by atoms with Crippen LogP contribution in [-0.4, -0.2) is 11.9 Å². The summed E-state index contributed by atoms with van der Waals surface area (Å²) in [4.78, 5) is 11.4. The quantitative estimate of drug-likeness (QED) is 0.855. The summed E-state index contributed by atoms with van der Waals surface area (Å²) < 4.78 is 12.9. The Labute approximate surface area is 98.8 Å². The number of nitrogens with two attached hydrogens (primary N) is 1. The number of carbonyl (C=O) groups excluding carboxylic acids is 1. The first kappa shape index (κ1) is 12.9. The van der Waals surface area contributed by atoms with Crippen LogP contribution in [0.3, 0.4) is 0 Å². The molecule has 0 heterocycles. The molecule has 1 rings (SSSR count). The van der Waals surface area contributed by atoms with Crippen molar-refractivity contribution in [3.05, 3.63) is 29.0 Å². The van der Waals surface area contributed by atoms with E-state index in [1.165, 1.54) is 18.2 Å². The molecule has 0 saturated heterocycles. The average Bonchev–Trinajstić information content (AvgIpc) is 2.12. The molecule has 0 saturated carbocycles. The second kappa shape index (κ2) is 5.82. The van der Waals surface area contributed by atoms with Gasteiger partial charge in [-0.05, 0) is 31.5 Å². The van der Waals surface area contributed by atoms with Crippen molar-refractivity contribution in [2.45, 2.75) is 25.8 Å². The van der Waals surface area contributed by atoms with Crippen LogP contribution in [0.25, 0.3) is 0 Å². The fourth-order valence-corrected chi connectivity index (χ4v) is 1.43. The summed E-state index contributed by atoms with van der Waals surface area (Å²) in [6, 6.07) is 3.87. The summed E-state index contributed by atoms with van der Waals surface area (Å²) in [5, 5.41) is 2.81. The van der Waals surface area contributed by atoms with Crippen LogP contribution in [0.5, 0.6) is 0 Å². The first-order valence-corrected chi connectivity index (χ1v) is 5.36. The zero-order valence-electron chi connectivity index (χ0n) is 8.97. The van der Waals surface area contributed by atoms with Gasteiger partial charge in [-0.25, -0.2) is 4.39 Å². The standard InChI is InChI=1S/C11H14ClFN2O/c1-7(14)2-3-11(16)15-10-5-8(12)4-9(13)6-10/h4-7H,2-3,14H2,1H3,(H,15,16). The number of nitrogens with one attached hydrogen (secondary N) is 1. The fraction of sp³-hybridized carbons (Fsp3) is 0.364. The maximum atomic E-state index is 12.9. The molecule has 5 heteroatoms. The van der Waals surface area contributed by atoms with E-state index in [1.807, 2.05) is 6.92 Å². The highest BCUT2D eigenvalue weighted by atomic mass is 35.5. The Morgan fingerprint density at radius 2 is 2.25 bits per heavy atom. The number of hydrogen-bond donors (Lipinski definition) is 2. The van der Waals surface area contributed by atoms with E-state index in [-0.39, 0.29) is 17.0 Å². The minimum atomic E-state index is -0.477. The highest BCUT2D eigenvalue weighted by molar-refractivity contribution is 6.30. The number of carbonyl (C=O) groups is 1. The Morgan fingerprint density at radius 3 is 2.81 bits per heavy atom. The van der Waals surface area contributed by atoms with E-state index in [2.05, 4.69) is 5.32 Å². The maximum absolute atomic E-state index is 12.9. The number of hydrogen-bond acceptors (Lipinski definition) is 2. The highest BCUT2D eigenvalue weighted by Crippen LogP contribution is 2.18. The van der Waals surface area contributed by atoms with Gasteiger partial charge in [-0.3, -0.25) is 4.79 Å². The molecule has 1 atom stereocenters. The van der Waals surface area contributed by atoms with Crippen LogP contribution < -0.4 is 11.1 Å². The lowest BCUT2D eigenvalue weighted by molar-refractivity contribution is -0.116. The number of amides is 1. The minimum Gasteiger partial charge on any atom is -0.328 e. The lowest BCUT2D eigenvalue weighted by Gasteiger charge is -2.07. The molecule has 0 bridgehead atoms. The molecule has 88 valence electrons. The summed E-state index contributed by atoms with van der Waals surface area (Å²) in [5.74, 6) is -0.672. The number of rotatable bonds is 4. The number of benzene rings is 1. The molecule has 3 N–H and O–H groups in total. The van der Waals surface area contributed by atoms with Crippen molar-refractivity contribution in [2.75, 3.05) is 5.32 Å². The van der Waals surface area contributed by atoms with Gasteiger partial charge in [0.05, 0.1) is 0 Å². The Bertz CT molecular complexity index is 362. The van der Waals surface area contributed by atoms with E-state index in [4.69, 9.17) is 17.3 Å². The summed E-state index contributed by atoms with van der Waals surface area (Å²) >= 11 is 5.65. The van der Waals surface area contributed by atoms with Gasteiger partial charge in [0.25, 0.3) is 0 Å². The van der Waals surface area contributed by atoms with E-state index in [0.29, 0.717) is 18.5 Å². The van der Waals surface area contributed by atoms with E-state index >= 15 is 0 Å². The van der Waals surface area contributed by atoms with Crippen LogP contribution >= 0.6 is 11.6 Å². The highest BCUT2D eigenvalue weighted by Gasteiger charge is 2.05. The van der Waals surface area contributed by atoms with Crippen LogP contribution in [-0.2, 0) is 4.79 Å². The van der Waals surface area contributed by atoms with Crippen molar-refractivity contribution in [3.63, 3.8) is 0 Å². The van der Waals surface area contributed by atoms with Crippen molar-refractivity contribution in [1.82, 2.24) is 0 Å². The normalized spacial score (nSPS) is 12.2. The van der Waals surface area contributed by atoms with Gasteiger partial charge in [0.15, 0.2) is 0 Å². The summed E-state index contributed by atoms with van der Waals surface area (Å²) in [5.41, 5.74) is 5.88. The molecule has 1 amide bonds. The van der Waals surface area contributed by atoms with Gasteiger partial charge in [-0.1, -0.05) is 11.6 Å². The van der Waals surface area contributed by atoms with Gasteiger partial charge in [-0.2, -0.15) is 0 Å². The molecule has 3 nitrogen and oxygen atoms in total. The van der Waals surface area contributed by atoms with Gasteiger partial charge in [0, 0.05) is 23.2 Å². The summed E-state index contributed by atoms with van der Waals surface area (Å²) in [7, 11) is 0. The Hall–Kier alpha value is -1.13. The van der Waals surface area contributed by atoms with Crippen LogP contribution in [0.1, 0.15) is 19.8 Å². The maximum Gasteiger partial charge on any atom is 0.224 e. The third-order valence-corrected chi connectivity index (χ3v) is 2.19. The van der Waals surface area contributed by atoms with Crippen LogP contribution in [0.15, 0.2) is 18.2 Å². The van der Waals surface area contributed by atoms with Crippen molar-refractivity contribution in [3.8, 4) is 0 Å². The smallest absolute Gasteiger partial charge is 0.224 e. The second-order valence-electron chi connectivity index (χ2n) is 3.72. The largest absolute Gasteiger partial charge is 0.328 e. The lowest BCUT2D eigenvalue weighted by atomic mass is 10.2. The SMILES string of the molecule is CC(N)CCC(=O)Nc1cc(F)cc(Cl)c1. The Balaban J connectivity index is 2.56. The van der Waals surface area contributed by atoms with E-state index < -0.39 is 5.82 Å². The fourth-order valence-electron chi connectivity index (χ4n) is 1.21.